The van der Waals surface area contributed by atoms with Gasteiger partial charge >= 0.3 is 0 Å². The zero-order chi connectivity index (χ0) is 14.6. The molecular weight excluding hydrogens is 268 g/mol. The second kappa shape index (κ2) is 6.18. The van der Waals surface area contributed by atoms with E-state index in [0.717, 1.165) is 16.7 Å². The van der Waals surface area contributed by atoms with Gasteiger partial charge in [0.15, 0.2) is 5.78 Å². The number of carbonyl (C=O) groups is 4. The Balaban J connectivity index is 2.46. The van der Waals surface area contributed by atoms with Crippen molar-refractivity contribution in [2.45, 2.75) is 39.2 Å². The minimum atomic E-state index is -0.917. The third kappa shape index (κ3) is 4.05. The van der Waals surface area contributed by atoms with Crippen molar-refractivity contribution in [2.75, 3.05) is 12.3 Å². The molecule has 0 aromatic rings. The summed E-state index contributed by atoms with van der Waals surface area (Å²) in [6.45, 7) is 5.07. The lowest BCUT2D eigenvalue weighted by Gasteiger charge is -2.24. The zero-order valence-corrected chi connectivity index (χ0v) is 12.1. The lowest BCUT2D eigenvalue weighted by atomic mass is 9.97. The van der Waals surface area contributed by atoms with Crippen molar-refractivity contribution >= 4 is 34.6 Å². The van der Waals surface area contributed by atoms with Crippen LogP contribution in [0.1, 0.15) is 33.6 Å². The summed E-state index contributed by atoms with van der Waals surface area (Å²) in [5, 5.41) is 2.30. The van der Waals surface area contributed by atoms with E-state index in [4.69, 9.17) is 0 Å². The highest BCUT2D eigenvalue weighted by Crippen LogP contribution is 2.18. The molecule has 0 aromatic heterocycles. The molecule has 1 saturated heterocycles. The van der Waals surface area contributed by atoms with Gasteiger partial charge in [-0.05, 0) is 13.8 Å². The Morgan fingerprint density at radius 1 is 1.37 bits per heavy atom. The molecule has 1 heterocycles. The molecule has 1 N–H and O–H groups in total. The maximum absolute atomic E-state index is 11.7. The van der Waals surface area contributed by atoms with Crippen LogP contribution in [0.2, 0.25) is 0 Å². The minimum Gasteiger partial charge on any atom is -0.344 e. The summed E-state index contributed by atoms with van der Waals surface area (Å²) < 4.78 is 0. The number of hydrogen-bond donors (Lipinski definition) is 1. The van der Waals surface area contributed by atoms with Gasteiger partial charge in [0.05, 0.1) is 11.3 Å². The van der Waals surface area contributed by atoms with Crippen LogP contribution in [-0.4, -0.2) is 45.6 Å². The third-order valence-corrected chi connectivity index (χ3v) is 3.73. The first-order valence-corrected chi connectivity index (χ1v) is 7.08. The molecule has 0 atom stereocenters. The maximum atomic E-state index is 11.7. The summed E-state index contributed by atoms with van der Waals surface area (Å²) >= 11 is 0.938. The van der Waals surface area contributed by atoms with Crippen LogP contribution in [0.25, 0.3) is 0 Å². The molecule has 19 heavy (non-hydrogen) atoms. The monoisotopic (exact) mass is 286 g/mol. The Morgan fingerprint density at radius 3 is 2.47 bits per heavy atom. The molecule has 0 saturated carbocycles. The fraction of sp³-hybridized carbons (Fsp3) is 0.667. The summed E-state index contributed by atoms with van der Waals surface area (Å²) in [6, 6.07) is 0. The summed E-state index contributed by atoms with van der Waals surface area (Å²) in [4.78, 5) is 47.0. The zero-order valence-electron chi connectivity index (χ0n) is 11.3. The quantitative estimate of drug-likeness (QED) is 0.786. The van der Waals surface area contributed by atoms with Crippen LogP contribution >= 0.6 is 11.8 Å². The Morgan fingerprint density at radius 2 is 2.00 bits per heavy atom. The molecule has 0 spiro atoms. The van der Waals surface area contributed by atoms with Crippen LogP contribution in [0.5, 0.6) is 0 Å². The van der Waals surface area contributed by atoms with E-state index < -0.39 is 5.54 Å². The molecule has 7 heteroatoms. The van der Waals surface area contributed by atoms with E-state index in [9.17, 15) is 19.2 Å². The maximum Gasteiger partial charge on any atom is 0.288 e. The van der Waals surface area contributed by atoms with E-state index >= 15 is 0 Å². The van der Waals surface area contributed by atoms with E-state index in [-0.39, 0.29) is 41.6 Å². The fourth-order valence-electron chi connectivity index (χ4n) is 1.73. The molecule has 0 radical (unpaired) electrons. The van der Waals surface area contributed by atoms with Crippen LogP contribution in [0, 0.1) is 0 Å². The predicted molar refractivity (Wildman–Crippen MR) is 71.7 cm³/mol. The van der Waals surface area contributed by atoms with Crippen molar-refractivity contribution in [3.05, 3.63) is 0 Å². The van der Waals surface area contributed by atoms with E-state index in [1.807, 2.05) is 0 Å². The molecule has 0 unspecified atom stereocenters. The lowest BCUT2D eigenvalue weighted by molar-refractivity contribution is -0.131. The van der Waals surface area contributed by atoms with Crippen molar-refractivity contribution in [3.8, 4) is 0 Å². The Labute approximate surface area is 116 Å². The number of ketones is 1. The summed E-state index contributed by atoms with van der Waals surface area (Å²) in [5.41, 5.74) is -0.917. The minimum absolute atomic E-state index is 0.0124. The number of Topliss-reactive ketones (excluding diaryl/α,β-unsaturated/α-hetero) is 1. The number of imide groups is 1. The molecule has 1 aliphatic rings. The summed E-state index contributed by atoms with van der Waals surface area (Å²) in [6.07, 6.45) is 0.353. The van der Waals surface area contributed by atoms with Crippen molar-refractivity contribution in [1.29, 1.82) is 0 Å². The number of nitrogens with one attached hydrogen (secondary N) is 1. The molecule has 0 bridgehead atoms. The highest BCUT2D eigenvalue weighted by Gasteiger charge is 2.31. The van der Waals surface area contributed by atoms with Crippen molar-refractivity contribution < 1.29 is 19.2 Å². The van der Waals surface area contributed by atoms with Crippen molar-refractivity contribution in [1.82, 2.24) is 10.2 Å². The second-order valence-corrected chi connectivity index (χ2v) is 5.73. The lowest BCUT2D eigenvalue weighted by Crippen LogP contribution is -2.50. The number of amides is 3. The number of carbonyl (C=O) groups excluding carboxylic acids is 4. The fourth-order valence-corrected chi connectivity index (χ4v) is 2.48. The first kappa shape index (κ1) is 15.7. The van der Waals surface area contributed by atoms with E-state index in [1.165, 1.54) is 0 Å². The summed E-state index contributed by atoms with van der Waals surface area (Å²) in [7, 11) is 0. The van der Waals surface area contributed by atoms with Crippen molar-refractivity contribution in [2.24, 2.45) is 0 Å². The molecule has 3 amide bonds. The van der Waals surface area contributed by atoms with E-state index in [2.05, 4.69) is 5.32 Å². The van der Waals surface area contributed by atoms with Gasteiger partial charge in [-0.1, -0.05) is 18.7 Å². The van der Waals surface area contributed by atoms with E-state index in [1.54, 1.807) is 20.8 Å². The van der Waals surface area contributed by atoms with Crippen molar-refractivity contribution in [3.63, 3.8) is 0 Å². The van der Waals surface area contributed by atoms with Gasteiger partial charge in [-0.25, -0.2) is 0 Å². The Hall–Kier alpha value is -1.37. The van der Waals surface area contributed by atoms with Gasteiger partial charge in [0.1, 0.15) is 0 Å². The number of thioether (sulfide) groups is 1. The van der Waals surface area contributed by atoms with Gasteiger partial charge in [0, 0.05) is 19.4 Å². The highest BCUT2D eigenvalue weighted by molar-refractivity contribution is 8.14. The first-order chi connectivity index (χ1) is 8.77. The molecule has 0 aromatic carbocycles. The van der Waals surface area contributed by atoms with Gasteiger partial charge in [-0.3, -0.25) is 24.1 Å². The smallest absolute Gasteiger partial charge is 0.288 e. The highest BCUT2D eigenvalue weighted by atomic mass is 32.2. The van der Waals surface area contributed by atoms with Crippen LogP contribution < -0.4 is 5.32 Å². The largest absolute Gasteiger partial charge is 0.344 e. The van der Waals surface area contributed by atoms with Crippen LogP contribution in [-0.2, 0) is 14.4 Å². The van der Waals surface area contributed by atoms with Crippen LogP contribution in [0.4, 0.5) is 4.79 Å². The van der Waals surface area contributed by atoms with Crippen LogP contribution in [0.3, 0.4) is 0 Å². The molecule has 106 valence electrons. The summed E-state index contributed by atoms with van der Waals surface area (Å²) in [5.74, 6) is -0.541. The Bertz CT molecular complexity index is 404. The Kier molecular flexibility index (Phi) is 5.11. The first-order valence-electron chi connectivity index (χ1n) is 6.09. The standard InChI is InChI=1S/C12H18N2O4S/c1-4-8(15)12(2,3)13-9(16)5-6-14-10(17)7-19-11(14)18/h4-7H2,1-3H3,(H,13,16). The predicted octanol–water partition coefficient (Wildman–Crippen LogP) is 0.946. The SMILES string of the molecule is CCC(=O)C(C)(C)NC(=O)CCN1C(=O)CSC1=O. The average molecular weight is 286 g/mol. The van der Waals surface area contributed by atoms with Gasteiger partial charge in [0.25, 0.3) is 5.24 Å². The van der Waals surface area contributed by atoms with E-state index in [0.29, 0.717) is 6.42 Å². The van der Waals surface area contributed by atoms with Gasteiger partial charge in [-0.2, -0.15) is 0 Å². The number of hydrogen-bond acceptors (Lipinski definition) is 5. The van der Waals surface area contributed by atoms with Gasteiger partial charge in [0.2, 0.25) is 11.8 Å². The van der Waals surface area contributed by atoms with Gasteiger partial charge in [-0.15, -0.1) is 0 Å². The molecular formula is C12H18N2O4S. The average Bonchev–Trinajstić information content (AvgIpc) is 2.65. The molecule has 0 aliphatic carbocycles. The molecule has 1 aliphatic heterocycles. The van der Waals surface area contributed by atoms with Crippen LogP contribution in [0.15, 0.2) is 0 Å². The number of nitrogens with zero attached hydrogens (tertiary/aromatic N) is 1. The van der Waals surface area contributed by atoms with Gasteiger partial charge < -0.3 is 5.32 Å². The third-order valence-electron chi connectivity index (χ3n) is 2.87. The molecule has 1 rings (SSSR count). The molecule has 6 nitrogen and oxygen atoms in total. The topological polar surface area (TPSA) is 83.6 Å². The second-order valence-electron chi connectivity index (χ2n) is 4.80. The number of rotatable bonds is 6. The normalized spacial score (nSPS) is 15.8. The molecule has 1 fully saturated rings.